The normalized spacial score (nSPS) is 10.9. The molecule has 2 N–H and O–H groups in total. The van der Waals surface area contributed by atoms with E-state index >= 15 is 0 Å². The second kappa shape index (κ2) is 5.99. The highest BCUT2D eigenvalue weighted by atomic mass is 35.5. The van der Waals surface area contributed by atoms with E-state index in [1.807, 2.05) is 6.07 Å². The van der Waals surface area contributed by atoms with Gasteiger partial charge in [-0.2, -0.15) is 0 Å². The lowest BCUT2D eigenvalue weighted by molar-refractivity contribution is 0.651. The van der Waals surface area contributed by atoms with Crippen LogP contribution >= 0.6 is 11.6 Å². The van der Waals surface area contributed by atoms with E-state index in [0.29, 0.717) is 34.8 Å². The molecule has 6 nitrogen and oxygen atoms in total. The number of hydrogen-bond acceptors (Lipinski definition) is 5. The first-order valence-electron chi connectivity index (χ1n) is 6.36. The van der Waals surface area contributed by atoms with Gasteiger partial charge in [0.05, 0.1) is 23.1 Å². The Bertz CT molecular complexity index is 818. The molecule has 0 atom stereocenters. The van der Waals surface area contributed by atoms with E-state index in [1.165, 1.54) is 6.33 Å². The Labute approximate surface area is 125 Å². The maximum atomic E-state index is 12.0. The van der Waals surface area contributed by atoms with Gasteiger partial charge in [-0.05, 0) is 24.3 Å². The van der Waals surface area contributed by atoms with Crippen molar-refractivity contribution in [2.75, 3.05) is 0 Å². The highest BCUT2D eigenvalue weighted by molar-refractivity contribution is 6.31. The van der Waals surface area contributed by atoms with Crippen LogP contribution in [0.5, 0.6) is 0 Å². The van der Waals surface area contributed by atoms with Crippen molar-refractivity contribution >= 4 is 22.5 Å². The third-order valence-corrected chi connectivity index (χ3v) is 3.19. The standard InChI is InChI=1S/C14H12ClN5O/c15-9-1-2-11-12(5-9)19-13(20-14(11)21)7-17-6-10-3-4-16-8-18-10/h1-5,8,17H,6-7H2,(H,19,20,21). The molecule has 0 aliphatic carbocycles. The number of halogens is 1. The number of H-pyrrole nitrogens is 1. The first-order valence-corrected chi connectivity index (χ1v) is 6.74. The van der Waals surface area contributed by atoms with Gasteiger partial charge < -0.3 is 10.3 Å². The Morgan fingerprint density at radius 1 is 1.24 bits per heavy atom. The van der Waals surface area contributed by atoms with Crippen LogP contribution in [-0.2, 0) is 13.1 Å². The van der Waals surface area contributed by atoms with Crippen molar-refractivity contribution in [2.24, 2.45) is 0 Å². The van der Waals surface area contributed by atoms with Gasteiger partial charge >= 0.3 is 0 Å². The first kappa shape index (κ1) is 13.7. The Balaban J connectivity index is 1.77. The Morgan fingerprint density at radius 3 is 2.95 bits per heavy atom. The smallest absolute Gasteiger partial charge is 0.258 e. The summed E-state index contributed by atoms with van der Waals surface area (Å²) in [5.74, 6) is 0.559. The van der Waals surface area contributed by atoms with E-state index in [-0.39, 0.29) is 5.56 Å². The van der Waals surface area contributed by atoms with Crippen molar-refractivity contribution in [3.8, 4) is 0 Å². The Hall–Kier alpha value is -2.31. The maximum Gasteiger partial charge on any atom is 0.258 e. The number of nitrogens with zero attached hydrogens (tertiary/aromatic N) is 3. The van der Waals surface area contributed by atoms with Crippen molar-refractivity contribution in [3.63, 3.8) is 0 Å². The van der Waals surface area contributed by atoms with Gasteiger partial charge in [0.1, 0.15) is 12.2 Å². The summed E-state index contributed by atoms with van der Waals surface area (Å²) in [5.41, 5.74) is 1.29. The molecular weight excluding hydrogens is 290 g/mol. The fraction of sp³-hybridized carbons (Fsp3) is 0.143. The van der Waals surface area contributed by atoms with Crippen molar-refractivity contribution in [2.45, 2.75) is 13.1 Å². The minimum absolute atomic E-state index is 0.171. The van der Waals surface area contributed by atoms with Crippen LogP contribution in [-0.4, -0.2) is 19.9 Å². The Kier molecular flexibility index (Phi) is 3.89. The van der Waals surface area contributed by atoms with Crippen molar-refractivity contribution < 1.29 is 0 Å². The minimum Gasteiger partial charge on any atom is -0.309 e. The summed E-state index contributed by atoms with van der Waals surface area (Å²) in [6.45, 7) is 1.00. The van der Waals surface area contributed by atoms with Crippen molar-refractivity contribution in [1.29, 1.82) is 0 Å². The van der Waals surface area contributed by atoms with Crippen LogP contribution in [0.15, 0.2) is 41.6 Å². The van der Waals surface area contributed by atoms with Crippen LogP contribution in [0.1, 0.15) is 11.5 Å². The van der Waals surface area contributed by atoms with Crippen molar-refractivity contribution in [3.05, 3.63) is 63.7 Å². The van der Waals surface area contributed by atoms with Crippen LogP contribution < -0.4 is 10.9 Å². The molecule has 0 saturated heterocycles. The van der Waals surface area contributed by atoms with Crippen LogP contribution in [0.3, 0.4) is 0 Å². The second-order valence-corrected chi connectivity index (χ2v) is 4.91. The zero-order valence-electron chi connectivity index (χ0n) is 11.0. The number of benzene rings is 1. The summed E-state index contributed by atoms with van der Waals surface area (Å²) in [5, 5.41) is 4.25. The maximum absolute atomic E-state index is 12.0. The average molecular weight is 302 g/mol. The van der Waals surface area contributed by atoms with Crippen LogP contribution in [0.25, 0.3) is 10.9 Å². The molecule has 106 valence electrons. The highest BCUT2D eigenvalue weighted by Gasteiger charge is 2.04. The van der Waals surface area contributed by atoms with E-state index in [0.717, 1.165) is 5.69 Å². The zero-order chi connectivity index (χ0) is 14.7. The summed E-state index contributed by atoms with van der Waals surface area (Å²) in [7, 11) is 0. The fourth-order valence-corrected chi connectivity index (χ4v) is 2.14. The molecule has 2 aromatic heterocycles. The molecule has 0 unspecified atom stereocenters. The molecule has 7 heteroatoms. The highest BCUT2D eigenvalue weighted by Crippen LogP contribution is 2.14. The van der Waals surface area contributed by atoms with Crippen LogP contribution in [0, 0.1) is 0 Å². The number of fused-ring (bicyclic) bond motifs is 1. The van der Waals surface area contributed by atoms with Gasteiger partial charge in [-0.3, -0.25) is 4.79 Å². The molecule has 0 saturated carbocycles. The third-order valence-electron chi connectivity index (χ3n) is 2.96. The average Bonchev–Trinajstić information content (AvgIpc) is 2.48. The third kappa shape index (κ3) is 3.24. The van der Waals surface area contributed by atoms with E-state index in [2.05, 4.69) is 25.3 Å². The van der Waals surface area contributed by atoms with Gasteiger partial charge in [0.2, 0.25) is 0 Å². The molecule has 0 spiro atoms. The van der Waals surface area contributed by atoms with Gasteiger partial charge in [0.15, 0.2) is 0 Å². The molecule has 1 aromatic carbocycles. The molecule has 3 aromatic rings. The fourth-order valence-electron chi connectivity index (χ4n) is 1.98. The van der Waals surface area contributed by atoms with E-state index in [4.69, 9.17) is 11.6 Å². The molecular formula is C14H12ClN5O. The molecule has 0 aliphatic rings. The summed E-state index contributed by atoms with van der Waals surface area (Å²) in [6, 6.07) is 6.85. The number of rotatable bonds is 4. The molecule has 0 bridgehead atoms. The van der Waals surface area contributed by atoms with Gasteiger partial charge in [-0.15, -0.1) is 0 Å². The number of nitrogens with one attached hydrogen (secondary N) is 2. The lowest BCUT2D eigenvalue weighted by Crippen LogP contribution is -2.19. The topological polar surface area (TPSA) is 83.6 Å². The lowest BCUT2D eigenvalue weighted by Gasteiger charge is -2.05. The monoisotopic (exact) mass is 301 g/mol. The van der Waals surface area contributed by atoms with Gasteiger partial charge in [-0.1, -0.05) is 11.6 Å². The van der Waals surface area contributed by atoms with E-state index in [1.54, 1.807) is 24.4 Å². The quantitative estimate of drug-likeness (QED) is 0.765. The first-order chi connectivity index (χ1) is 10.2. The summed E-state index contributed by atoms with van der Waals surface area (Å²) in [4.78, 5) is 27.1. The molecule has 2 heterocycles. The summed E-state index contributed by atoms with van der Waals surface area (Å²) < 4.78 is 0. The number of aromatic nitrogens is 4. The summed E-state index contributed by atoms with van der Waals surface area (Å²) >= 11 is 5.93. The Morgan fingerprint density at radius 2 is 2.14 bits per heavy atom. The lowest BCUT2D eigenvalue weighted by atomic mass is 10.2. The molecule has 0 radical (unpaired) electrons. The zero-order valence-corrected chi connectivity index (χ0v) is 11.8. The van der Waals surface area contributed by atoms with Crippen LogP contribution in [0.2, 0.25) is 5.02 Å². The second-order valence-electron chi connectivity index (χ2n) is 4.48. The summed E-state index contributed by atoms with van der Waals surface area (Å²) in [6.07, 6.45) is 3.18. The van der Waals surface area contributed by atoms with E-state index in [9.17, 15) is 4.79 Å². The SMILES string of the molecule is O=c1[nH]c(CNCc2ccncn2)nc2cc(Cl)ccc12. The number of hydrogen-bond donors (Lipinski definition) is 2. The minimum atomic E-state index is -0.171. The van der Waals surface area contributed by atoms with Crippen molar-refractivity contribution in [1.82, 2.24) is 25.3 Å². The van der Waals surface area contributed by atoms with Gasteiger partial charge in [-0.25, -0.2) is 15.0 Å². The molecule has 0 aliphatic heterocycles. The largest absolute Gasteiger partial charge is 0.309 e. The van der Waals surface area contributed by atoms with E-state index < -0.39 is 0 Å². The van der Waals surface area contributed by atoms with Gasteiger partial charge in [0.25, 0.3) is 5.56 Å². The van der Waals surface area contributed by atoms with Gasteiger partial charge in [0, 0.05) is 17.8 Å². The molecule has 0 amide bonds. The molecule has 0 fully saturated rings. The van der Waals surface area contributed by atoms with Crippen LogP contribution in [0.4, 0.5) is 0 Å². The number of aromatic amines is 1. The predicted molar refractivity (Wildman–Crippen MR) is 79.9 cm³/mol. The predicted octanol–water partition coefficient (Wildman–Crippen LogP) is 1.66. The molecule has 3 rings (SSSR count). The molecule has 21 heavy (non-hydrogen) atoms.